The van der Waals surface area contributed by atoms with Crippen LogP contribution in [-0.2, 0) is 0 Å². The molecule has 0 unspecified atom stereocenters. The highest BCUT2D eigenvalue weighted by atomic mass is 16.1. The van der Waals surface area contributed by atoms with Gasteiger partial charge in [0, 0.05) is 23.8 Å². The van der Waals surface area contributed by atoms with E-state index in [1.165, 1.54) is 5.69 Å². The average molecular weight is 219 g/mol. The molecule has 0 N–H and O–H groups in total. The van der Waals surface area contributed by atoms with Crippen molar-refractivity contribution in [2.24, 2.45) is 0 Å². The number of rotatable bonds is 4. The van der Waals surface area contributed by atoms with Gasteiger partial charge in [0.2, 0.25) is 0 Å². The number of carbonyl (C=O) groups excluding carboxylic acids is 1. The Balaban J connectivity index is 3.09. The molecule has 0 aromatic heterocycles. The van der Waals surface area contributed by atoms with Crippen LogP contribution in [0.2, 0.25) is 0 Å². The van der Waals surface area contributed by atoms with Crippen molar-refractivity contribution in [3.63, 3.8) is 0 Å². The zero-order valence-electron chi connectivity index (χ0n) is 10.9. The molecule has 1 rings (SSSR count). The first-order valence-electron chi connectivity index (χ1n) is 5.72. The van der Waals surface area contributed by atoms with Gasteiger partial charge in [-0.05, 0) is 51.0 Å². The number of hydrogen-bond acceptors (Lipinski definition) is 2. The van der Waals surface area contributed by atoms with Crippen molar-refractivity contribution < 1.29 is 4.79 Å². The van der Waals surface area contributed by atoms with Crippen molar-refractivity contribution in [1.82, 2.24) is 0 Å². The molecule has 0 atom stereocenters. The SMILES string of the molecule is CCC(C)(C)N(C)c1ccc(C=O)cc1C. The van der Waals surface area contributed by atoms with Crippen LogP contribution in [0, 0.1) is 6.92 Å². The second-order valence-corrected chi connectivity index (χ2v) is 4.89. The van der Waals surface area contributed by atoms with Crippen LogP contribution >= 0.6 is 0 Å². The lowest BCUT2D eigenvalue weighted by atomic mass is 9.97. The summed E-state index contributed by atoms with van der Waals surface area (Å²) in [6.45, 7) is 8.68. The van der Waals surface area contributed by atoms with Crippen LogP contribution in [0.3, 0.4) is 0 Å². The highest BCUT2D eigenvalue weighted by Gasteiger charge is 2.22. The predicted molar refractivity (Wildman–Crippen MR) is 69.3 cm³/mol. The topological polar surface area (TPSA) is 20.3 Å². The lowest BCUT2D eigenvalue weighted by molar-refractivity contribution is 0.112. The summed E-state index contributed by atoms with van der Waals surface area (Å²) >= 11 is 0. The maximum absolute atomic E-state index is 10.7. The molecule has 0 saturated heterocycles. The number of benzene rings is 1. The van der Waals surface area contributed by atoms with Crippen LogP contribution in [0.1, 0.15) is 43.1 Å². The maximum Gasteiger partial charge on any atom is 0.150 e. The highest BCUT2D eigenvalue weighted by Crippen LogP contribution is 2.27. The summed E-state index contributed by atoms with van der Waals surface area (Å²) in [6.07, 6.45) is 1.97. The van der Waals surface area contributed by atoms with E-state index in [2.05, 4.69) is 32.7 Å². The van der Waals surface area contributed by atoms with Crippen molar-refractivity contribution in [2.75, 3.05) is 11.9 Å². The molecule has 0 radical (unpaired) electrons. The molecular weight excluding hydrogens is 198 g/mol. The van der Waals surface area contributed by atoms with E-state index >= 15 is 0 Å². The molecule has 1 aromatic rings. The summed E-state index contributed by atoms with van der Waals surface area (Å²) in [5, 5.41) is 0. The Morgan fingerprint density at radius 1 is 1.38 bits per heavy atom. The zero-order valence-corrected chi connectivity index (χ0v) is 10.9. The summed E-state index contributed by atoms with van der Waals surface area (Å²) < 4.78 is 0. The van der Waals surface area contributed by atoms with Crippen LogP contribution < -0.4 is 4.90 Å². The monoisotopic (exact) mass is 219 g/mol. The largest absolute Gasteiger partial charge is 0.369 e. The van der Waals surface area contributed by atoms with Crippen molar-refractivity contribution in [3.8, 4) is 0 Å². The molecule has 0 saturated carbocycles. The Labute approximate surface area is 98.3 Å². The van der Waals surface area contributed by atoms with Gasteiger partial charge in [-0.2, -0.15) is 0 Å². The van der Waals surface area contributed by atoms with Crippen molar-refractivity contribution >= 4 is 12.0 Å². The van der Waals surface area contributed by atoms with Crippen LogP contribution in [-0.4, -0.2) is 18.9 Å². The average Bonchev–Trinajstić information content (AvgIpc) is 2.28. The molecule has 0 fully saturated rings. The van der Waals surface area contributed by atoms with Gasteiger partial charge in [0.25, 0.3) is 0 Å². The summed E-state index contributed by atoms with van der Waals surface area (Å²) in [5.41, 5.74) is 3.21. The van der Waals surface area contributed by atoms with Crippen LogP contribution in [0.4, 0.5) is 5.69 Å². The van der Waals surface area contributed by atoms with Gasteiger partial charge in [0.1, 0.15) is 6.29 Å². The van der Waals surface area contributed by atoms with Crippen LogP contribution in [0.5, 0.6) is 0 Å². The van der Waals surface area contributed by atoms with Gasteiger partial charge in [-0.3, -0.25) is 4.79 Å². The number of aldehydes is 1. The molecule has 0 aliphatic rings. The minimum atomic E-state index is 0.132. The van der Waals surface area contributed by atoms with E-state index in [0.29, 0.717) is 0 Å². The van der Waals surface area contributed by atoms with E-state index in [9.17, 15) is 4.79 Å². The molecule has 2 nitrogen and oxygen atoms in total. The van der Waals surface area contributed by atoms with Gasteiger partial charge in [0.15, 0.2) is 0 Å². The minimum Gasteiger partial charge on any atom is -0.369 e. The van der Waals surface area contributed by atoms with Crippen LogP contribution in [0.15, 0.2) is 18.2 Å². The molecule has 88 valence electrons. The summed E-state index contributed by atoms with van der Waals surface area (Å²) in [7, 11) is 2.10. The molecule has 2 heteroatoms. The third-order valence-corrected chi connectivity index (χ3v) is 3.49. The third-order valence-electron chi connectivity index (χ3n) is 3.49. The normalized spacial score (nSPS) is 11.3. The zero-order chi connectivity index (χ0) is 12.3. The molecule has 0 aliphatic carbocycles. The molecular formula is C14H21NO. The first-order valence-corrected chi connectivity index (χ1v) is 5.72. The molecule has 0 aliphatic heterocycles. The van der Waals surface area contributed by atoms with Gasteiger partial charge < -0.3 is 4.90 Å². The minimum absolute atomic E-state index is 0.132. The molecule has 0 heterocycles. The van der Waals surface area contributed by atoms with E-state index in [0.717, 1.165) is 23.8 Å². The number of anilines is 1. The summed E-state index contributed by atoms with van der Waals surface area (Å²) in [6, 6.07) is 5.83. The lowest BCUT2D eigenvalue weighted by Gasteiger charge is -2.37. The van der Waals surface area contributed by atoms with E-state index < -0.39 is 0 Å². The van der Waals surface area contributed by atoms with E-state index in [1.54, 1.807) is 0 Å². The Kier molecular flexibility index (Phi) is 3.74. The highest BCUT2D eigenvalue weighted by molar-refractivity contribution is 5.77. The number of nitrogens with zero attached hydrogens (tertiary/aromatic N) is 1. The van der Waals surface area contributed by atoms with Gasteiger partial charge >= 0.3 is 0 Å². The standard InChI is InChI=1S/C14H21NO/c1-6-14(3,4)15(5)13-8-7-12(10-16)9-11(13)2/h7-10H,6H2,1-5H3. The third kappa shape index (κ3) is 2.43. The second kappa shape index (κ2) is 4.69. The summed E-state index contributed by atoms with van der Waals surface area (Å²) in [4.78, 5) is 13.0. The first-order chi connectivity index (χ1) is 7.42. The van der Waals surface area contributed by atoms with Gasteiger partial charge in [0.05, 0.1) is 0 Å². The fraction of sp³-hybridized carbons (Fsp3) is 0.500. The smallest absolute Gasteiger partial charge is 0.150 e. The van der Waals surface area contributed by atoms with E-state index in [1.807, 2.05) is 25.1 Å². The number of aryl methyl sites for hydroxylation is 1. The van der Waals surface area contributed by atoms with Gasteiger partial charge in [-0.15, -0.1) is 0 Å². The van der Waals surface area contributed by atoms with E-state index in [-0.39, 0.29) is 5.54 Å². The fourth-order valence-corrected chi connectivity index (χ4v) is 1.69. The maximum atomic E-state index is 10.7. The Bertz CT molecular complexity index is 382. The first kappa shape index (κ1) is 12.8. The lowest BCUT2D eigenvalue weighted by Crippen LogP contribution is -2.40. The number of carbonyl (C=O) groups is 1. The van der Waals surface area contributed by atoms with Crippen molar-refractivity contribution in [2.45, 2.75) is 39.7 Å². The molecule has 0 bridgehead atoms. The predicted octanol–water partition coefficient (Wildman–Crippen LogP) is 3.43. The van der Waals surface area contributed by atoms with Crippen LogP contribution in [0.25, 0.3) is 0 Å². The molecule has 0 spiro atoms. The Morgan fingerprint density at radius 2 is 2.00 bits per heavy atom. The molecule has 1 aromatic carbocycles. The molecule has 0 amide bonds. The van der Waals surface area contributed by atoms with Gasteiger partial charge in [-0.25, -0.2) is 0 Å². The Morgan fingerprint density at radius 3 is 2.44 bits per heavy atom. The van der Waals surface area contributed by atoms with Crippen molar-refractivity contribution in [1.29, 1.82) is 0 Å². The molecule has 16 heavy (non-hydrogen) atoms. The van der Waals surface area contributed by atoms with Gasteiger partial charge in [-0.1, -0.05) is 6.92 Å². The second-order valence-electron chi connectivity index (χ2n) is 4.89. The quantitative estimate of drug-likeness (QED) is 0.723. The summed E-state index contributed by atoms with van der Waals surface area (Å²) in [5.74, 6) is 0. The van der Waals surface area contributed by atoms with E-state index in [4.69, 9.17) is 0 Å². The fourth-order valence-electron chi connectivity index (χ4n) is 1.69. The number of hydrogen-bond donors (Lipinski definition) is 0. The Hall–Kier alpha value is -1.31. The van der Waals surface area contributed by atoms with Crippen molar-refractivity contribution in [3.05, 3.63) is 29.3 Å².